The van der Waals surface area contributed by atoms with Crippen LogP contribution >= 0.6 is 11.6 Å². The first-order valence-electron chi connectivity index (χ1n) is 10.1. The Bertz CT molecular complexity index is 1110. The second-order valence-corrected chi connectivity index (χ2v) is 7.83. The fourth-order valence-electron chi connectivity index (χ4n) is 3.88. The Kier molecular flexibility index (Phi) is 5.04. The zero-order chi connectivity index (χ0) is 20.5. The van der Waals surface area contributed by atoms with Crippen LogP contribution in [0.2, 0.25) is 5.02 Å². The van der Waals surface area contributed by atoms with Gasteiger partial charge >= 0.3 is 0 Å². The van der Waals surface area contributed by atoms with E-state index >= 15 is 0 Å². The monoisotopic (exact) mass is 424 g/mol. The first-order valence-corrected chi connectivity index (χ1v) is 10.5. The van der Waals surface area contributed by atoms with Gasteiger partial charge in [-0.05, 0) is 37.1 Å². The fraction of sp³-hybridized carbons (Fsp3) is 0.318. The number of halogens is 1. The van der Waals surface area contributed by atoms with E-state index in [-0.39, 0.29) is 5.91 Å². The molecule has 2 aromatic carbocycles. The quantitative estimate of drug-likeness (QED) is 0.676. The maximum absolute atomic E-state index is 12.8. The average molecular weight is 425 g/mol. The van der Waals surface area contributed by atoms with Crippen LogP contribution < -0.4 is 14.8 Å². The highest BCUT2D eigenvalue weighted by molar-refractivity contribution is 6.32. The normalized spacial score (nSPS) is 15.2. The molecule has 0 saturated heterocycles. The van der Waals surface area contributed by atoms with Crippen LogP contribution in [0.3, 0.4) is 0 Å². The minimum Gasteiger partial charge on any atom is -0.486 e. The van der Waals surface area contributed by atoms with Crippen molar-refractivity contribution in [3.63, 3.8) is 0 Å². The number of nitrogens with zero attached hydrogens (tertiary/aromatic N) is 3. The smallest absolute Gasteiger partial charge is 0.255 e. The van der Waals surface area contributed by atoms with Crippen molar-refractivity contribution in [2.24, 2.45) is 0 Å². The molecule has 1 aromatic heterocycles. The highest BCUT2D eigenvalue weighted by Gasteiger charge is 2.20. The van der Waals surface area contributed by atoms with Gasteiger partial charge in [-0.1, -0.05) is 30.2 Å². The van der Waals surface area contributed by atoms with Gasteiger partial charge in [-0.15, -0.1) is 10.2 Å². The van der Waals surface area contributed by atoms with Gasteiger partial charge in [-0.25, -0.2) is 0 Å². The molecule has 0 saturated carbocycles. The molecule has 0 spiro atoms. The van der Waals surface area contributed by atoms with Crippen molar-refractivity contribution in [2.75, 3.05) is 18.5 Å². The number of fused-ring (bicyclic) bond motifs is 2. The largest absolute Gasteiger partial charge is 0.486 e. The Balaban J connectivity index is 1.40. The van der Waals surface area contributed by atoms with E-state index in [0.29, 0.717) is 41.0 Å². The first kappa shape index (κ1) is 18.9. The summed E-state index contributed by atoms with van der Waals surface area (Å²) in [7, 11) is 0. The number of anilines is 1. The molecule has 2 aliphatic heterocycles. The van der Waals surface area contributed by atoms with Crippen molar-refractivity contribution in [2.45, 2.75) is 32.2 Å². The van der Waals surface area contributed by atoms with Gasteiger partial charge in [-0.3, -0.25) is 4.79 Å². The molecular formula is C22H21ClN4O3. The van der Waals surface area contributed by atoms with Crippen LogP contribution in [0.5, 0.6) is 11.5 Å². The van der Waals surface area contributed by atoms with Gasteiger partial charge in [0.1, 0.15) is 19.0 Å². The number of rotatable bonds is 3. The number of nitrogens with one attached hydrogen (secondary N) is 1. The summed E-state index contributed by atoms with van der Waals surface area (Å²) >= 11 is 6.26. The summed E-state index contributed by atoms with van der Waals surface area (Å²) in [6, 6.07) is 10.9. The number of aryl methyl sites for hydroxylation is 1. The van der Waals surface area contributed by atoms with Gasteiger partial charge in [-0.2, -0.15) is 0 Å². The fourth-order valence-corrected chi connectivity index (χ4v) is 4.15. The summed E-state index contributed by atoms with van der Waals surface area (Å²) in [5.74, 6) is 2.56. The molecule has 5 rings (SSSR count). The van der Waals surface area contributed by atoms with E-state index in [1.165, 1.54) is 6.42 Å². The summed E-state index contributed by atoms with van der Waals surface area (Å²) in [6.45, 7) is 1.79. The van der Waals surface area contributed by atoms with Gasteiger partial charge in [0.25, 0.3) is 5.91 Å². The molecule has 0 fully saturated rings. The third kappa shape index (κ3) is 3.61. The van der Waals surface area contributed by atoms with Crippen LogP contribution in [0.25, 0.3) is 11.4 Å². The number of ether oxygens (including phenoxy) is 2. The lowest BCUT2D eigenvalue weighted by atomic mass is 10.1. The molecule has 0 unspecified atom stereocenters. The van der Waals surface area contributed by atoms with Crippen molar-refractivity contribution in [3.8, 4) is 22.9 Å². The summed E-state index contributed by atoms with van der Waals surface area (Å²) in [6.07, 6.45) is 4.43. The minimum atomic E-state index is -0.272. The Morgan fingerprint density at radius 2 is 1.97 bits per heavy atom. The van der Waals surface area contributed by atoms with Gasteiger partial charge in [0, 0.05) is 29.8 Å². The molecule has 0 radical (unpaired) electrons. The lowest BCUT2D eigenvalue weighted by molar-refractivity contribution is 0.102. The molecule has 0 atom stereocenters. The third-order valence-electron chi connectivity index (χ3n) is 5.35. The topological polar surface area (TPSA) is 78.3 Å². The second-order valence-electron chi connectivity index (χ2n) is 7.42. The lowest BCUT2D eigenvalue weighted by Crippen LogP contribution is -2.17. The SMILES string of the molecule is O=C(Nc1cccc(-c2nnc3n2CCCCC3)c1)c1cc(Cl)c2c(c1)OCCO2. The van der Waals surface area contributed by atoms with E-state index < -0.39 is 0 Å². The molecule has 1 amide bonds. The maximum Gasteiger partial charge on any atom is 0.255 e. The molecule has 3 heterocycles. The molecule has 30 heavy (non-hydrogen) atoms. The third-order valence-corrected chi connectivity index (χ3v) is 5.63. The van der Waals surface area contributed by atoms with E-state index in [1.54, 1.807) is 12.1 Å². The predicted octanol–water partition coefficient (Wildman–Crippen LogP) is 4.35. The first-order chi connectivity index (χ1) is 14.7. The van der Waals surface area contributed by atoms with E-state index in [4.69, 9.17) is 21.1 Å². The van der Waals surface area contributed by atoms with Crippen LogP contribution in [-0.4, -0.2) is 33.9 Å². The number of amides is 1. The van der Waals surface area contributed by atoms with Gasteiger partial charge in [0.15, 0.2) is 17.3 Å². The van der Waals surface area contributed by atoms with Crippen LogP contribution in [0, 0.1) is 0 Å². The molecule has 7 nitrogen and oxygen atoms in total. The summed E-state index contributed by atoms with van der Waals surface area (Å²) in [5.41, 5.74) is 2.01. The summed E-state index contributed by atoms with van der Waals surface area (Å²) < 4.78 is 13.3. The molecule has 2 aliphatic rings. The van der Waals surface area contributed by atoms with E-state index in [9.17, 15) is 4.79 Å². The molecule has 1 N–H and O–H groups in total. The maximum atomic E-state index is 12.8. The highest BCUT2D eigenvalue weighted by atomic mass is 35.5. The van der Waals surface area contributed by atoms with Crippen molar-refractivity contribution in [3.05, 3.63) is 52.8 Å². The van der Waals surface area contributed by atoms with Crippen LogP contribution in [-0.2, 0) is 13.0 Å². The molecule has 3 aromatic rings. The van der Waals surface area contributed by atoms with E-state index in [1.807, 2.05) is 24.3 Å². The number of hydrogen-bond donors (Lipinski definition) is 1. The number of benzene rings is 2. The van der Waals surface area contributed by atoms with Gasteiger partial charge in [0.05, 0.1) is 5.02 Å². The minimum absolute atomic E-state index is 0.272. The van der Waals surface area contributed by atoms with Crippen molar-refractivity contribution in [1.29, 1.82) is 0 Å². The number of carbonyl (C=O) groups is 1. The lowest BCUT2D eigenvalue weighted by Gasteiger charge is -2.20. The van der Waals surface area contributed by atoms with E-state index in [2.05, 4.69) is 20.1 Å². The van der Waals surface area contributed by atoms with Gasteiger partial charge < -0.3 is 19.4 Å². The molecule has 0 aliphatic carbocycles. The number of carbonyl (C=O) groups excluding carboxylic acids is 1. The van der Waals surface area contributed by atoms with E-state index in [0.717, 1.165) is 43.0 Å². The highest BCUT2D eigenvalue weighted by Crippen LogP contribution is 2.38. The average Bonchev–Trinajstić information content (AvgIpc) is 3.02. The zero-order valence-electron chi connectivity index (χ0n) is 16.4. The summed E-state index contributed by atoms with van der Waals surface area (Å²) in [5, 5.41) is 12.1. The Morgan fingerprint density at radius 1 is 1.07 bits per heavy atom. The standard InChI is InChI=1S/C22H21ClN4O3/c23-17-12-15(13-18-20(17)30-10-9-29-18)22(28)24-16-6-4-5-14(11-16)21-26-25-19-7-2-1-3-8-27(19)21/h4-6,11-13H,1-3,7-10H2,(H,24,28). The second kappa shape index (κ2) is 7.99. The van der Waals surface area contributed by atoms with Crippen molar-refractivity contribution >= 4 is 23.2 Å². The van der Waals surface area contributed by atoms with Gasteiger partial charge in [0.2, 0.25) is 0 Å². The zero-order valence-corrected chi connectivity index (χ0v) is 17.1. The predicted molar refractivity (Wildman–Crippen MR) is 113 cm³/mol. The Labute approximate surface area is 179 Å². The number of aromatic nitrogens is 3. The number of hydrogen-bond acceptors (Lipinski definition) is 5. The molecular weight excluding hydrogens is 404 g/mol. The Morgan fingerprint density at radius 3 is 2.90 bits per heavy atom. The summed E-state index contributed by atoms with van der Waals surface area (Å²) in [4.78, 5) is 12.8. The van der Waals surface area contributed by atoms with Crippen LogP contribution in [0.15, 0.2) is 36.4 Å². The van der Waals surface area contributed by atoms with Crippen molar-refractivity contribution < 1.29 is 14.3 Å². The Hall–Kier alpha value is -3.06. The molecule has 8 heteroatoms. The molecule has 0 bridgehead atoms. The van der Waals surface area contributed by atoms with Crippen LogP contribution in [0.4, 0.5) is 5.69 Å². The van der Waals surface area contributed by atoms with Crippen molar-refractivity contribution in [1.82, 2.24) is 14.8 Å². The molecule has 154 valence electrons. The van der Waals surface area contributed by atoms with Crippen LogP contribution in [0.1, 0.15) is 35.4 Å².